The minimum Gasteiger partial charge on any atom is -0.479 e. The van der Waals surface area contributed by atoms with E-state index in [1.165, 1.54) is 24.3 Å². The SMILES string of the molecule is O=C(O)[C@H](O)Cc1ccc(F)cc1. The molecule has 0 saturated carbocycles. The largest absolute Gasteiger partial charge is 0.479 e. The van der Waals surface area contributed by atoms with Crippen molar-refractivity contribution in [3.63, 3.8) is 0 Å². The quantitative estimate of drug-likeness (QED) is 0.730. The summed E-state index contributed by atoms with van der Waals surface area (Å²) in [5.41, 5.74) is 0.594. The summed E-state index contributed by atoms with van der Waals surface area (Å²) >= 11 is 0. The van der Waals surface area contributed by atoms with Gasteiger partial charge in [0.15, 0.2) is 6.10 Å². The lowest BCUT2D eigenvalue weighted by molar-refractivity contribution is -0.146. The van der Waals surface area contributed by atoms with Crippen LogP contribution in [0.2, 0.25) is 0 Å². The highest BCUT2D eigenvalue weighted by Gasteiger charge is 2.13. The number of hydrogen-bond acceptors (Lipinski definition) is 2. The maximum Gasteiger partial charge on any atom is 0.332 e. The van der Waals surface area contributed by atoms with Crippen molar-refractivity contribution in [1.82, 2.24) is 0 Å². The molecule has 0 aliphatic heterocycles. The standard InChI is InChI=1S/C9H9FO3/c10-7-3-1-6(2-4-7)5-8(11)9(12)13/h1-4,8,11H,5H2,(H,12,13)/t8-/m1/s1. The van der Waals surface area contributed by atoms with E-state index >= 15 is 0 Å². The second-order valence-corrected chi connectivity index (χ2v) is 2.68. The first-order valence-corrected chi connectivity index (χ1v) is 3.75. The predicted molar refractivity (Wildman–Crippen MR) is 43.7 cm³/mol. The highest BCUT2D eigenvalue weighted by atomic mass is 19.1. The number of rotatable bonds is 3. The van der Waals surface area contributed by atoms with Gasteiger partial charge < -0.3 is 10.2 Å². The van der Waals surface area contributed by atoms with Gasteiger partial charge in [-0.2, -0.15) is 0 Å². The van der Waals surface area contributed by atoms with Crippen LogP contribution >= 0.6 is 0 Å². The molecule has 0 saturated heterocycles. The van der Waals surface area contributed by atoms with Gasteiger partial charge in [0.1, 0.15) is 5.82 Å². The summed E-state index contributed by atoms with van der Waals surface area (Å²) in [5, 5.41) is 17.3. The fourth-order valence-electron chi connectivity index (χ4n) is 0.931. The van der Waals surface area contributed by atoms with Gasteiger partial charge >= 0.3 is 5.97 Å². The summed E-state index contributed by atoms with van der Waals surface area (Å²) in [6.07, 6.45) is -1.43. The Hall–Kier alpha value is -1.42. The topological polar surface area (TPSA) is 57.5 Å². The summed E-state index contributed by atoms with van der Waals surface area (Å²) in [5.74, 6) is -1.65. The summed E-state index contributed by atoms with van der Waals surface area (Å²) in [7, 11) is 0. The van der Waals surface area contributed by atoms with E-state index in [4.69, 9.17) is 10.2 Å². The number of aliphatic carboxylic acids is 1. The molecule has 0 amide bonds. The van der Waals surface area contributed by atoms with Crippen molar-refractivity contribution < 1.29 is 19.4 Å². The third-order valence-electron chi connectivity index (χ3n) is 1.63. The normalized spacial score (nSPS) is 12.5. The molecule has 70 valence electrons. The van der Waals surface area contributed by atoms with Crippen molar-refractivity contribution in [2.45, 2.75) is 12.5 Å². The van der Waals surface area contributed by atoms with E-state index in [1.54, 1.807) is 0 Å². The van der Waals surface area contributed by atoms with Crippen LogP contribution in [0.15, 0.2) is 24.3 Å². The maximum absolute atomic E-state index is 12.4. The lowest BCUT2D eigenvalue weighted by Crippen LogP contribution is -2.21. The number of benzene rings is 1. The molecule has 0 aliphatic rings. The minimum absolute atomic E-state index is 0.00435. The highest BCUT2D eigenvalue weighted by molar-refractivity contribution is 5.72. The van der Waals surface area contributed by atoms with Crippen LogP contribution in [0.5, 0.6) is 0 Å². The van der Waals surface area contributed by atoms with Crippen molar-refractivity contribution in [2.75, 3.05) is 0 Å². The molecule has 0 aromatic heterocycles. The van der Waals surface area contributed by atoms with Crippen LogP contribution in [0.4, 0.5) is 4.39 Å². The molecule has 1 aromatic carbocycles. The fraction of sp³-hybridized carbons (Fsp3) is 0.222. The molecule has 0 bridgehead atoms. The molecule has 1 rings (SSSR count). The van der Waals surface area contributed by atoms with Crippen molar-refractivity contribution in [3.05, 3.63) is 35.6 Å². The minimum atomic E-state index is -1.43. The van der Waals surface area contributed by atoms with Crippen LogP contribution in [0.25, 0.3) is 0 Å². The Labute approximate surface area is 74.4 Å². The van der Waals surface area contributed by atoms with E-state index in [0.717, 1.165) is 0 Å². The van der Waals surface area contributed by atoms with Crippen LogP contribution < -0.4 is 0 Å². The van der Waals surface area contributed by atoms with Gasteiger partial charge in [-0.3, -0.25) is 0 Å². The van der Waals surface area contributed by atoms with Crippen LogP contribution in [0.1, 0.15) is 5.56 Å². The predicted octanol–water partition coefficient (Wildman–Crippen LogP) is 0.814. The van der Waals surface area contributed by atoms with Crippen LogP contribution in [-0.2, 0) is 11.2 Å². The number of carboxylic acids is 1. The number of aliphatic hydroxyl groups excluding tert-OH is 1. The first-order chi connectivity index (χ1) is 6.09. The van der Waals surface area contributed by atoms with E-state index in [9.17, 15) is 9.18 Å². The Bertz CT molecular complexity index is 294. The Morgan fingerprint density at radius 2 is 1.92 bits per heavy atom. The molecule has 0 heterocycles. The maximum atomic E-state index is 12.4. The zero-order chi connectivity index (χ0) is 9.84. The lowest BCUT2D eigenvalue weighted by Gasteiger charge is -2.04. The van der Waals surface area contributed by atoms with Crippen molar-refractivity contribution >= 4 is 5.97 Å². The molecule has 1 atom stereocenters. The first-order valence-electron chi connectivity index (χ1n) is 3.75. The fourth-order valence-corrected chi connectivity index (χ4v) is 0.931. The first kappa shape index (κ1) is 9.67. The molecule has 1 aromatic rings. The number of carboxylic acid groups (broad SMARTS) is 1. The molecule has 0 aliphatic carbocycles. The second-order valence-electron chi connectivity index (χ2n) is 2.68. The van der Waals surface area contributed by atoms with E-state index in [2.05, 4.69) is 0 Å². The molecule has 0 fully saturated rings. The van der Waals surface area contributed by atoms with Crippen molar-refractivity contribution in [3.8, 4) is 0 Å². The molecule has 2 N–H and O–H groups in total. The Morgan fingerprint density at radius 1 is 1.38 bits per heavy atom. The number of halogens is 1. The number of carbonyl (C=O) groups is 1. The van der Waals surface area contributed by atoms with Gasteiger partial charge in [0, 0.05) is 6.42 Å². The van der Waals surface area contributed by atoms with Gasteiger partial charge in [-0.05, 0) is 17.7 Å². The van der Waals surface area contributed by atoms with Crippen molar-refractivity contribution in [2.24, 2.45) is 0 Å². The number of hydrogen-bond donors (Lipinski definition) is 2. The molecular weight excluding hydrogens is 175 g/mol. The Morgan fingerprint density at radius 3 is 2.38 bits per heavy atom. The van der Waals surface area contributed by atoms with Gasteiger partial charge in [0.25, 0.3) is 0 Å². The zero-order valence-electron chi connectivity index (χ0n) is 6.77. The smallest absolute Gasteiger partial charge is 0.332 e. The van der Waals surface area contributed by atoms with E-state index in [-0.39, 0.29) is 12.2 Å². The van der Waals surface area contributed by atoms with Crippen molar-refractivity contribution in [1.29, 1.82) is 0 Å². The van der Waals surface area contributed by atoms with Gasteiger partial charge in [0.2, 0.25) is 0 Å². The molecular formula is C9H9FO3. The third kappa shape index (κ3) is 2.83. The van der Waals surface area contributed by atoms with Crippen LogP contribution in [0.3, 0.4) is 0 Å². The van der Waals surface area contributed by atoms with Gasteiger partial charge in [0.05, 0.1) is 0 Å². The average molecular weight is 184 g/mol. The summed E-state index contributed by atoms with van der Waals surface area (Å²) < 4.78 is 12.4. The van der Waals surface area contributed by atoms with Crippen LogP contribution in [-0.4, -0.2) is 22.3 Å². The summed E-state index contributed by atoms with van der Waals surface area (Å²) in [4.78, 5) is 10.2. The molecule has 3 nitrogen and oxygen atoms in total. The molecule has 4 heteroatoms. The average Bonchev–Trinajstić information content (AvgIpc) is 2.08. The van der Waals surface area contributed by atoms with E-state index in [0.29, 0.717) is 5.56 Å². The third-order valence-corrected chi connectivity index (χ3v) is 1.63. The monoisotopic (exact) mass is 184 g/mol. The zero-order valence-corrected chi connectivity index (χ0v) is 6.77. The molecule has 0 unspecified atom stereocenters. The molecule has 0 radical (unpaired) electrons. The molecule has 0 spiro atoms. The van der Waals surface area contributed by atoms with Gasteiger partial charge in [-0.1, -0.05) is 12.1 Å². The summed E-state index contributed by atoms with van der Waals surface area (Å²) in [6.45, 7) is 0. The second kappa shape index (κ2) is 4.00. The Balaban J connectivity index is 2.64. The van der Waals surface area contributed by atoms with Gasteiger partial charge in [-0.15, -0.1) is 0 Å². The van der Waals surface area contributed by atoms with Crippen LogP contribution in [0, 0.1) is 5.82 Å². The van der Waals surface area contributed by atoms with E-state index < -0.39 is 12.1 Å². The molecule has 13 heavy (non-hydrogen) atoms. The van der Waals surface area contributed by atoms with Gasteiger partial charge in [-0.25, -0.2) is 9.18 Å². The van der Waals surface area contributed by atoms with E-state index in [1.807, 2.05) is 0 Å². The number of aliphatic hydroxyl groups is 1. The summed E-state index contributed by atoms with van der Waals surface area (Å²) in [6, 6.07) is 5.34. The Kier molecular flexibility index (Phi) is 2.97. The lowest BCUT2D eigenvalue weighted by atomic mass is 10.1. The highest BCUT2D eigenvalue weighted by Crippen LogP contribution is 2.05.